The van der Waals surface area contributed by atoms with Crippen LogP contribution < -0.4 is 4.74 Å². The Morgan fingerprint density at radius 1 is 1.19 bits per heavy atom. The number of alkyl halides is 3. The maximum Gasteiger partial charge on any atom is 0.512 e. The lowest BCUT2D eigenvalue weighted by Crippen LogP contribution is -2.08. The van der Waals surface area contributed by atoms with E-state index in [2.05, 4.69) is 14.7 Å². The average molecular weight is 302 g/mol. The van der Waals surface area contributed by atoms with Gasteiger partial charge >= 0.3 is 12.3 Å². The standard InChI is InChI=1S/C12H6F4N2O3/c13-8-2-1-6(3-7(8)12(14,15)16)9-4-10(18-5-17-9)21-11(19)20/h1-5H,(H,19,20). The third-order valence-corrected chi connectivity index (χ3v) is 2.40. The molecule has 0 spiro atoms. The third-order valence-electron chi connectivity index (χ3n) is 2.40. The molecule has 1 aromatic carbocycles. The highest BCUT2D eigenvalue weighted by Crippen LogP contribution is 2.34. The van der Waals surface area contributed by atoms with Gasteiger partial charge in [0.2, 0.25) is 5.88 Å². The van der Waals surface area contributed by atoms with E-state index in [1.54, 1.807) is 0 Å². The third kappa shape index (κ3) is 3.44. The Bertz CT molecular complexity index is 688. The summed E-state index contributed by atoms with van der Waals surface area (Å²) in [5, 5.41) is 8.43. The van der Waals surface area contributed by atoms with E-state index in [1.165, 1.54) is 0 Å². The molecule has 1 N–H and O–H groups in total. The van der Waals surface area contributed by atoms with Crippen molar-refractivity contribution in [3.8, 4) is 17.1 Å². The van der Waals surface area contributed by atoms with Crippen molar-refractivity contribution in [1.82, 2.24) is 9.97 Å². The van der Waals surface area contributed by atoms with Crippen molar-refractivity contribution < 1.29 is 32.2 Å². The lowest BCUT2D eigenvalue weighted by Gasteiger charge is -2.10. The number of carbonyl (C=O) groups is 1. The molecule has 2 aromatic rings. The predicted octanol–water partition coefficient (Wildman–Crippen LogP) is 3.36. The number of aromatic nitrogens is 2. The van der Waals surface area contributed by atoms with Gasteiger partial charge in [-0.3, -0.25) is 0 Å². The van der Waals surface area contributed by atoms with E-state index in [0.717, 1.165) is 18.5 Å². The zero-order valence-corrected chi connectivity index (χ0v) is 10.1. The number of hydrogen-bond donors (Lipinski definition) is 1. The summed E-state index contributed by atoms with van der Waals surface area (Å²) >= 11 is 0. The predicted molar refractivity (Wildman–Crippen MR) is 61.1 cm³/mol. The molecule has 1 heterocycles. The molecule has 0 amide bonds. The first-order chi connectivity index (χ1) is 9.77. The van der Waals surface area contributed by atoms with Crippen molar-refractivity contribution in [3.05, 3.63) is 42.0 Å². The fourth-order valence-electron chi connectivity index (χ4n) is 1.54. The van der Waals surface area contributed by atoms with E-state index in [1.807, 2.05) is 0 Å². The summed E-state index contributed by atoms with van der Waals surface area (Å²) in [4.78, 5) is 17.5. The first kappa shape index (κ1) is 14.7. The zero-order chi connectivity index (χ0) is 15.6. The van der Waals surface area contributed by atoms with Crippen molar-refractivity contribution in [2.75, 3.05) is 0 Å². The van der Waals surface area contributed by atoms with E-state index in [9.17, 15) is 22.4 Å². The number of ether oxygens (including phenoxy) is 1. The van der Waals surface area contributed by atoms with E-state index in [0.29, 0.717) is 12.1 Å². The van der Waals surface area contributed by atoms with E-state index < -0.39 is 23.7 Å². The number of carboxylic acid groups (broad SMARTS) is 1. The first-order valence-corrected chi connectivity index (χ1v) is 5.37. The molecule has 0 aliphatic heterocycles. The van der Waals surface area contributed by atoms with Crippen LogP contribution in [-0.2, 0) is 6.18 Å². The molecule has 1 aromatic heterocycles. The normalized spacial score (nSPS) is 11.2. The van der Waals surface area contributed by atoms with E-state index in [-0.39, 0.29) is 17.1 Å². The SMILES string of the molecule is O=C(O)Oc1cc(-c2ccc(F)c(C(F)(F)F)c2)ncn1. The Morgan fingerprint density at radius 2 is 1.90 bits per heavy atom. The summed E-state index contributed by atoms with van der Waals surface area (Å²) in [5.41, 5.74) is -1.53. The summed E-state index contributed by atoms with van der Waals surface area (Å²) in [6, 6.07) is 3.33. The molecule has 0 bridgehead atoms. The van der Waals surface area contributed by atoms with Gasteiger partial charge in [0, 0.05) is 11.6 Å². The molecular weight excluding hydrogens is 296 g/mol. The second-order valence-electron chi connectivity index (χ2n) is 3.80. The maximum atomic E-state index is 13.2. The molecule has 0 fully saturated rings. The number of nitrogens with zero attached hydrogens (tertiary/aromatic N) is 2. The fraction of sp³-hybridized carbons (Fsp3) is 0.0833. The molecule has 0 saturated heterocycles. The lowest BCUT2D eigenvalue weighted by molar-refractivity contribution is -0.139. The second kappa shape index (κ2) is 5.35. The van der Waals surface area contributed by atoms with Crippen molar-refractivity contribution in [3.63, 3.8) is 0 Å². The Labute approximate surface area is 114 Å². The molecule has 110 valence electrons. The van der Waals surface area contributed by atoms with Crippen LogP contribution in [-0.4, -0.2) is 21.2 Å². The van der Waals surface area contributed by atoms with Gasteiger partial charge in [-0.15, -0.1) is 0 Å². The molecule has 2 rings (SSSR count). The van der Waals surface area contributed by atoms with Crippen LogP contribution in [0.15, 0.2) is 30.6 Å². The summed E-state index contributed by atoms with van der Waals surface area (Å²) in [6.07, 6.45) is -5.56. The highest BCUT2D eigenvalue weighted by Gasteiger charge is 2.34. The van der Waals surface area contributed by atoms with Gasteiger partial charge in [0.1, 0.15) is 12.1 Å². The highest BCUT2D eigenvalue weighted by atomic mass is 19.4. The number of benzene rings is 1. The number of halogens is 4. The molecule has 0 atom stereocenters. The quantitative estimate of drug-likeness (QED) is 0.680. The van der Waals surface area contributed by atoms with Gasteiger partial charge in [-0.1, -0.05) is 0 Å². The van der Waals surface area contributed by atoms with Gasteiger partial charge in [-0.25, -0.2) is 19.2 Å². The van der Waals surface area contributed by atoms with Gasteiger partial charge < -0.3 is 9.84 Å². The van der Waals surface area contributed by atoms with Crippen LogP contribution in [0.1, 0.15) is 5.56 Å². The minimum Gasteiger partial charge on any atom is -0.449 e. The van der Waals surface area contributed by atoms with Crippen LogP contribution in [0, 0.1) is 5.82 Å². The monoisotopic (exact) mass is 302 g/mol. The maximum absolute atomic E-state index is 13.2. The van der Waals surface area contributed by atoms with Crippen LogP contribution in [0.5, 0.6) is 5.88 Å². The Hall–Kier alpha value is -2.71. The Kier molecular flexibility index (Phi) is 3.74. The summed E-state index contributed by atoms with van der Waals surface area (Å²) in [7, 11) is 0. The average Bonchev–Trinajstić information content (AvgIpc) is 2.37. The smallest absolute Gasteiger partial charge is 0.449 e. The summed E-state index contributed by atoms with van der Waals surface area (Å²) in [6.45, 7) is 0. The largest absolute Gasteiger partial charge is 0.512 e. The summed E-state index contributed by atoms with van der Waals surface area (Å²) < 4.78 is 55.3. The molecule has 0 radical (unpaired) electrons. The van der Waals surface area contributed by atoms with Crippen LogP contribution in [0.25, 0.3) is 11.3 Å². The van der Waals surface area contributed by atoms with E-state index in [4.69, 9.17) is 5.11 Å². The summed E-state index contributed by atoms with van der Waals surface area (Å²) in [5.74, 6) is -1.77. The van der Waals surface area contributed by atoms with Gasteiger partial charge in [-0.2, -0.15) is 13.2 Å². The van der Waals surface area contributed by atoms with Gasteiger partial charge in [0.05, 0.1) is 11.3 Å². The molecular formula is C12H6F4N2O3. The molecule has 0 saturated carbocycles. The lowest BCUT2D eigenvalue weighted by atomic mass is 10.1. The minimum atomic E-state index is -4.85. The molecule has 0 aliphatic rings. The molecule has 0 unspecified atom stereocenters. The highest BCUT2D eigenvalue weighted by molar-refractivity contribution is 5.64. The van der Waals surface area contributed by atoms with Gasteiger partial charge in [0.15, 0.2) is 0 Å². The van der Waals surface area contributed by atoms with Crippen LogP contribution in [0.2, 0.25) is 0 Å². The topological polar surface area (TPSA) is 72.3 Å². The molecule has 5 nitrogen and oxygen atoms in total. The number of rotatable bonds is 2. The van der Waals surface area contributed by atoms with Gasteiger partial charge in [0.25, 0.3) is 0 Å². The second-order valence-corrected chi connectivity index (χ2v) is 3.80. The molecule has 21 heavy (non-hydrogen) atoms. The fourth-order valence-corrected chi connectivity index (χ4v) is 1.54. The molecule has 9 heteroatoms. The van der Waals surface area contributed by atoms with Crippen LogP contribution in [0.3, 0.4) is 0 Å². The van der Waals surface area contributed by atoms with Crippen molar-refractivity contribution in [2.45, 2.75) is 6.18 Å². The van der Waals surface area contributed by atoms with Gasteiger partial charge in [-0.05, 0) is 18.2 Å². The van der Waals surface area contributed by atoms with Crippen molar-refractivity contribution in [2.24, 2.45) is 0 Å². The first-order valence-electron chi connectivity index (χ1n) is 5.37. The zero-order valence-electron chi connectivity index (χ0n) is 10.1. The van der Waals surface area contributed by atoms with Crippen LogP contribution >= 0.6 is 0 Å². The van der Waals surface area contributed by atoms with E-state index >= 15 is 0 Å². The van der Waals surface area contributed by atoms with Crippen LogP contribution in [0.4, 0.5) is 22.4 Å². The minimum absolute atomic E-state index is 0.0354. The number of hydrogen-bond acceptors (Lipinski definition) is 4. The Morgan fingerprint density at radius 3 is 2.52 bits per heavy atom. The molecule has 0 aliphatic carbocycles. The van der Waals surface area contributed by atoms with Crippen molar-refractivity contribution >= 4 is 6.16 Å². The van der Waals surface area contributed by atoms with Crippen molar-refractivity contribution in [1.29, 1.82) is 0 Å². The Balaban J connectivity index is 2.45.